The lowest BCUT2D eigenvalue weighted by Gasteiger charge is -2.22. The minimum absolute atomic E-state index is 0.129. The molecule has 0 bridgehead atoms. The Balaban J connectivity index is 3.43. The van der Waals surface area contributed by atoms with Gasteiger partial charge in [-0.15, -0.1) is 0 Å². The van der Waals surface area contributed by atoms with Crippen molar-refractivity contribution >= 4 is 0 Å². The van der Waals surface area contributed by atoms with Crippen LogP contribution < -0.4 is 0 Å². The molecule has 0 spiro atoms. The standard InChI is InChI=1S/C12H27NO/c1-5-13(10-11(2)3)9-7-6-8-12(4)14/h11-12,14H,5-10H2,1-4H3. The molecule has 0 saturated heterocycles. The fraction of sp³-hybridized carbons (Fsp3) is 1.00. The first kappa shape index (κ1) is 13.9. The third-order valence-corrected chi connectivity index (χ3v) is 2.42. The molecule has 14 heavy (non-hydrogen) atoms. The van der Waals surface area contributed by atoms with Gasteiger partial charge in [-0.25, -0.2) is 0 Å². The number of unbranched alkanes of at least 4 members (excludes halogenated alkanes) is 1. The van der Waals surface area contributed by atoms with Crippen LogP contribution in [0.5, 0.6) is 0 Å². The highest BCUT2D eigenvalue weighted by Crippen LogP contribution is 2.04. The maximum absolute atomic E-state index is 9.11. The molecule has 86 valence electrons. The van der Waals surface area contributed by atoms with Crippen molar-refractivity contribution in [2.45, 2.75) is 53.1 Å². The fourth-order valence-corrected chi connectivity index (χ4v) is 1.67. The topological polar surface area (TPSA) is 23.5 Å². The molecule has 0 aromatic heterocycles. The van der Waals surface area contributed by atoms with Crippen LogP contribution in [0.15, 0.2) is 0 Å². The largest absolute Gasteiger partial charge is 0.393 e. The smallest absolute Gasteiger partial charge is 0.0512 e. The SMILES string of the molecule is CCN(CCCCC(C)O)CC(C)C. The van der Waals surface area contributed by atoms with Gasteiger partial charge in [0, 0.05) is 6.54 Å². The van der Waals surface area contributed by atoms with Gasteiger partial charge in [0.1, 0.15) is 0 Å². The summed E-state index contributed by atoms with van der Waals surface area (Å²) >= 11 is 0. The van der Waals surface area contributed by atoms with Gasteiger partial charge < -0.3 is 10.0 Å². The third-order valence-electron chi connectivity index (χ3n) is 2.42. The lowest BCUT2D eigenvalue weighted by Crippen LogP contribution is -2.28. The Labute approximate surface area is 89.3 Å². The Bertz CT molecular complexity index is 123. The first-order valence-electron chi connectivity index (χ1n) is 5.96. The Morgan fingerprint density at radius 1 is 1.14 bits per heavy atom. The molecule has 0 fully saturated rings. The summed E-state index contributed by atoms with van der Waals surface area (Å²) in [6, 6.07) is 0. The fourth-order valence-electron chi connectivity index (χ4n) is 1.67. The van der Waals surface area contributed by atoms with Gasteiger partial charge in [-0.05, 0) is 45.2 Å². The van der Waals surface area contributed by atoms with E-state index in [0.29, 0.717) is 0 Å². The van der Waals surface area contributed by atoms with Gasteiger partial charge in [0.2, 0.25) is 0 Å². The summed E-state index contributed by atoms with van der Waals surface area (Å²) in [6.07, 6.45) is 3.17. The first-order chi connectivity index (χ1) is 6.56. The predicted octanol–water partition coefficient (Wildman–Crippen LogP) is 2.52. The number of nitrogens with zero attached hydrogens (tertiary/aromatic N) is 1. The molecule has 1 atom stereocenters. The van der Waals surface area contributed by atoms with Crippen molar-refractivity contribution in [1.82, 2.24) is 4.90 Å². The van der Waals surface area contributed by atoms with Gasteiger partial charge in [-0.3, -0.25) is 0 Å². The molecule has 0 aromatic carbocycles. The molecule has 0 aliphatic heterocycles. The minimum atomic E-state index is -0.129. The highest BCUT2D eigenvalue weighted by atomic mass is 16.3. The second-order valence-electron chi connectivity index (χ2n) is 4.63. The average molecular weight is 201 g/mol. The summed E-state index contributed by atoms with van der Waals surface area (Å²) in [4.78, 5) is 2.49. The molecule has 2 nitrogen and oxygen atoms in total. The summed E-state index contributed by atoms with van der Waals surface area (Å²) in [5, 5.41) is 9.11. The second kappa shape index (κ2) is 8.25. The van der Waals surface area contributed by atoms with Crippen LogP contribution in [0.2, 0.25) is 0 Å². The lowest BCUT2D eigenvalue weighted by atomic mass is 10.1. The van der Waals surface area contributed by atoms with Crippen LogP contribution in [0.25, 0.3) is 0 Å². The van der Waals surface area contributed by atoms with E-state index in [1.54, 1.807) is 0 Å². The quantitative estimate of drug-likeness (QED) is 0.610. The van der Waals surface area contributed by atoms with Crippen molar-refractivity contribution in [2.24, 2.45) is 5.92 Å². The van der Waals surface area contributed by atoms with E-state index in [0.717, 1.165) is 25.3 Å². The summed E-state index contributed by atoms with van der Waals surface area (Å²) in [7, 11) is 0. The van der Waals surface area contributed by atoms with Crippen molar-refractivity contribution in [3.05, 3.63) is 0 Å². The number of rotatable bonds is 8. The summed E-state index contributed by atoms with van der Waals surface area (Å²) in [5.74, 6) is 0.756. The molecular formula is C12H27NO. The number of aliphatic hydroxyl groups is 1. The van der Waals surface area contributed by atoms with Crippen LogP contribution in [0.4, 0.5) is 0 Å². The van der Waals surface area contributed by atoms with Crippen molar-refractivity contribution in [3.63, 3.8) is 0 Å². The van der Waals surface area contributed by atoms with E-state index in [2.05, 4.69) is 25.7 Å². The maximum atomic E-state index is 9.11. The van der Waals surface area contributed by atoms with E-state index >= 15 is 0 Å². The van der Waals surface area contributed by atoms with Crippen molar-refractivity contribution in [2.75, 3.05) is 19.6 Å². The van der Waals surface area contributed by atoms with Crippen molar-refractivity contribution < 1.29 is 5.11 Å². The molecule has 0 saturated carbocycles. The van der Waals surface area contributed by atoms with E-state index in [1.807, 2.05) is 6.92 Å². The third kappa shape index (κ3) is 8.52. The molecule has 1 N–H and O–H groups in total. The van der Waals surface area contributed by atoms with Gasteiger partial charge >= 0.3 is 0 Å². The molecule has 0 aliphatic rings. The molecule has 0 aromatic rings. The molecule has 0 aliphatic carbocycles. The molecule has 0 heterocycles. The van der Waals surface area contributed by atoms with Gasteiger partial charge in [0.25, 0.3) is 0 Å². The van der Waals surface area contributed by atoms with E-state index in [1.165, 1.54) is 19.5 Å². The monoisotopic (exact) mass is 201 g/mol. The Morgan fingerprint density at radius 3 is 2.21 bits per heavy atom. The van der Waals surface area contributed by atoms with Gasteiger partial charge in [0.15, 0.2) is 0 Å². The Hall–Kier alpha value is -0.0800. The van der Waals surface area contributed by atoms with Crippen LogP contribution in [-0.2, 0) is 0 Å². The van der Waals surface area contributed by atoms with Crippen LogP contribution >= 0.6 is 0 Å². The molecule has 0 rings (SSSR count). The average Bonchev–Trinajstić information content (AvgIpc) is 2.09. The zero-order valence-corrected chi connectivity index (χ0v) is 10.3. The summed E-state index contributed by atoms with van der Waals surface area (Å²) in [5.41, 5.74) is 0. The molecular weight excluding hydrogens is 174 g/mol. The molecule has 2 heteroatoms. The van der Waals surface area contributed by atoms with Gasteiger partial charge in [-0.2, -0.15) is 0 Å². The normalized spacial score (nSPS) is 13.9. The van der Waals surface area contributed by atoms with Crippen molar-refractivity contribution in [1.29, 1.82) is 0 Å². The van der Waals surface area contributed by atoms with Gasteiger partial charge in [-0.1, -0.05) is 20.8 Å². The number of hydrogen-bond donors (Lipinski definition) is 1. The maximum Gasteiger partial charge on any atom is 0.0512 e. The highest BCUT2D eigenvalue weighted by molar-refractivity contribution is 4.59. The molecule has 1 unspecified atom stereocenters. The van der Waals surface area contributed by atoms with Crippen LogP contribution in [0.1, 0.15) is 47.0 Å². The van der Waals surface area contributed by atoms with E-state index < -0.39 is 0 Å². The van der Waals surface area contributed by atoms with Crippen LogP contribution in [-0.4, -0.2) is 35.7 Å². The molecule has 0 amide bonds. The summed E-state index contributed by atoms with van der Waals surface area (Å²) < 4.78 is 0. The van der Waals surface area contributed by atoms with Crippen LogP contribution in [0.3, 0.4) is 0 Å². The zero-order valence-electron chi connectivity index (χ0n) is 10.3. The van der Waals surface area contributed by atoms with Gasteiger partial charge in [0.05, 0.1) is 6.10 Å². The highest BCUT2D eigenvalue weighted by Gasteiger charge is 2.04. The van der Waals surface area contributed by atoms with Crippen LogP contribution in [0, 0.1) is 5.92 Å². The van der Waals surface area contributed by atoms with E-state index in [-0.39, 0.29) is 6.10 Å². The predicted molar refractivity (Wildman–Crippen MR) is 62.5 cm³/mol. The Morgan fingerprint density at radius 2 is 1.79 bits per heavy atom. The van der Waals surface area contributed by atoms with E-state index in [4.69, 9.17) is 5.11 Å². The first-order valence-corrected chi connectivity index (χ1v) is 5.96. The second-order valence-corrected chi connectivity index (χ2v) is 4.63. The minimum Gasteiger partial charge on any atom is -0.393 e. The zero-order chi connectivity index (χ0) is 11.0. The molecule has 0 radical (unpaired) electrons. The number of aliphatic hydroxyl groups excluding tert-OH is 1. The van der Waals surface area contributed by atoms with Crippen molar-refractivity contribution in [3.8, 4) is 0 Å². The van der Waals surface area contributed by atoms with E-state index in [9.17, 15) is 0 Å². The summed E-state index contributed by atoms with van der Waals surface area (Å²) in [6.45, 7) is 12.1. The Kier molecular flexibility index (Phi) is 8.20. The number of hydrogen-bond acceptors (Lipinski definition) is 2. The lowest BCUT2D eigenvalue weighted by molar-refractivity contribution is 0.176.